The Morgan fingerprint density at radius 2 is 1.81 bits per heavy atom. The predicted octanol–water partition coefficient (Wildman–Crippen LogP) is 0.610. The molecule has 0 aromatic heterocycles. The second-order valence-electron chi connectivity index (χ2n) is 7.53. The van der Waals surface area contributed by atoms with E-state index >= 15 is 0 Å². The monoisotopic (exact) mass is 367 g/mol. The summed E-state index contributed by atoms with van der Waals surface area (Å²) in [5, 5.41) is 2.59. The fourth-order valence-electron chi connectivity index (χ4n) is 4.41. The van der Waals surface area contributed by atoms with E-state index in [0.717, 1.165) is 38.8 Å². The second kappa shape index (κ2) is 8.24. The summed E-state index contributed by atoms with van der Waals surface area (Å²) in [6, 6.07) is -0.310. The maximum absolute atomic E-state index is 13.2. The molecule has 3 aliphatic heterocycles. The number of ether oxygens (including phenoxy) is 2. The zero-order chi connectivity index (χ0) is 18.6. The van der Waals surface area contributed by atoms with Crippen LogP contribution in [-0.2, 0) is 19.1 Å². The summed E-state index contributed by atoms with van der Waals surface area (Å²) in [6.07, 6.45) is 4.86. The van der Waals surface area contributed by atoms with Crippen LogP contribution >= 0.6 is 0 Å². The molecule has 0 aromatic carbocycles. The van der Waals surface area contributed by atoms with Crippen LogP contribution in [0, 0.1) is 11.3 Å². The molecular weight excluding hydrogens is 338 g/mol. The molecule has 1 spiro atoms. The van der Waals surface area contributed by atoms with Gasteiger partial charge >= 0.3 is 12.0 Å². The highest BCUT2D eigenvalue weighted by Gasteiger charge is 2.52. The molecule has 8 nitrogen and oxygen atoms in total. The van der Waals surface area contributed by atoms with E-state index in [1.807, 2.05) is 4.90 Å². The molecule has 0 aliphatic carbocycles. The molecule has 0 saturated carbocycles. The van der Waals surface area contributed by atoms with Crippen molar-refractivity contribution in [1.29, 1.82) is 0 Å². The first-order chi connectivity index (χ1) is 12.6. The number of amides is 3. The third-order valence-corrected chi connectivity index (χ3v) is 6.00. The number of likely N-dealkylation sites (tertiary alicyclic amines) is 2. The van der Waals surface area contributed by atoms with Gasteiger partial charge in [-0.2, -0.15) is 0 Å². The van der Waals surface area contributed by atoms with E-state index in [9.17, 15) is 14.4 Å². The number of hydrogen-bond acceptors (Lipinski definition) is 5. The molecule has 0 bridgehead atoms. The Bertz CT molecular complexity index is 541. The highest BCUT2D eigenvalue weighted by molar-refractivity contribution is 5.84. The second-order valence-corrected chi connectivity index (χ2v) is 7.53. The number of urea groups is 1. The fourth-order valence-corrected chi connectivity index (χ4v) is 4.41. The average Bonchev–Trinajstić information content (AvgIpc) is 3.05. The van der Waals surface area contributed by atoms with Gasteiger partial charge in [0.15, 0.2) is 0 Å². The third kappa shape index (κ3) is 3.95. The highest BCUT2D eigenvalue weighted by Crippen LogP contribution is 2.45. The van der Waals surface area contributed by atoms with Crippen molar-refractivity contribution >= 4 is 17.9 Å². The quantitative estimate of drug-likeness (QED) is 0.739. The van der Waals surface area contributed by atoms with Gasteiger partial charge in [-0.15, -0.1) is 0 Å². The standard InChI is InChI=1S/C18H29N3O5/c1-25-15(22)11-19-17(24)21-12-14(16(23)20-7-3-2-4-8-20)18(13-21)5-9-26-10-6-18/h14H,2-13H2,1H3,(H,19,24)/t14-/m1/s1. The van der Waals surface area contributed by atoms with Gasteiger partial charge in [0.1, 0.15) is 6.54 Å². The van der Waals surface area contributed by atoms with Gasteiger partial charge in [-0.1, -0.05) is 0 Å². The first-order valence-corrected chi connectivity index (χ1v) is 9.52. The van der Waals surface area contributed by atoms with Gasteiger partial charge in [-0.25, -0.2) is 4.79 Å². The van der Waals surface area contributed by atoms with Crippen LogP contribution in [0.1, 0.15) is 32.1 Å². The molecule has 0 unspecified atom stereocenters. The third-order valence-electron chi connectivity index (χ3n) is 6.00. The van der Waals surface area contributed by atoms with Crippen molar-refractivity contribution in [2.45, 2.75) is 32.1 Å². The zero-order valence-corrected chi connectivity index (χ0v) is 15.5. The van der Waals surface area contributed by atoms with E-state index in [1.54, 1.807) is 4.90 Å². The van der Waals surface area contributed by atoms with Crippen molar-refractivity contribution in [2.75, 3.05) is 53.0 Å². The normalized spacial score (nSPS) is 25.2. The molecular formula is C18H29N3O5. The molecule has 26 heavy (non-hydrogen) atoms. The van der Waals surface area contributed by atoms with Gasteiger partial charge in [0.25, 0.3) is 0 Å². The maximum Gasteiger partial charge on any atom is 0.325 e. The fraction of sp³-hybridized carbons (Fsp3) is 0.833. The van der Waals surface area contributed by atoms with E-state index in [2.05, 4.69) is 10.1 Å². The van der Waals surface area contributed by atoms with Crippen molar-refractivity contribution in [3.8, 4) is 0 Å². The molecule has 3 heterocycles. The number of rotatable bonds is 3. The molecule has 1 atom stereocenters. The lowest BCUT2D eigenvalue weighted by Gasteiger charge is -2.39. The van der Waals surface area contributed by atoms with Crippen LogP contribution in [0.2, 0.25) is 0 Å². The minimum Gasteiger partial charge on any atom is -0.468 e. The molecule has 0 radical (unpaired) electrons. The molecule has 3 amide bonds. The summed E-state index contributed by atoms with van der Waals surface area (Å²) >= 11 is 0. The van der Waals surface area contributed by atoms with E-state index < -0.39 is 5.97 Å². The Morgan fingerprint density at radius 1 is 1.12 bits per heavy atom. The Hall–Kier alpha value is -1.83. The molecule has 0 aromatic rings. The van der Waals surface area contributed by atoms with E-state index in [-0.39, 0.29) is 29.8 Å². The molecule has 3 fully saturated rings. The van der Waals surface area contributed by atoms with Gasteiger partial charge in [0, 0.05) is 44.8 Å². The van der Waals surface area contributed by atoms with Crippen molar-refractivity contribution in [1.82, 2.24) is 15.1 Å². The summed E-state index contributed by atoms with van der Waals surface area (Å²) in [6.45, 7) is 3.67. The van der Waals surface area contributed by atoms with Gasteiger partial charge in [-0.05, 0) is 32.1 Å². The first-order valence-electron chi connectivity index (χ1n) is 9.52. The van der Waals surface area contributed by atoms with Crippen LogP contribution in [0.3, 0.4) is 0 Å². The molecule has 3 aliphatic rings. The van der Waals surface area contributed by atoms with Crippen LogP contribution in [0.5, 0.6) is 0 Å². The Labute approximate surface area is 154 Å². The number of nitrogens with zero attached hydrogens (tertiary/aromatic N) is 2. The molecule has 3 rings (SSSR count). The average molecular weight is 367 g/mol. The number of esters is 1. The summed E-state index contributed by atoms with van der Waals surface area (Å²) in [5.74, 6) is -0.498. The minimum absolute atomic E-state index is 0.160. The number of methoxy groups -OCH3 is 1. The molecule has 8 heteroatoms. The van der Waals surface area contributed by atoms with Gasteiger partial charge in [0.05, 0.1) is 13.0 Å². The molecule has 146 valence electrons. The number of carbonyl (C=O) groups excluding carboxylic acids is 3. The van der Waals surface area contributed by atoms with Crippen molar-refractivity contribution in [2.24, 2.45) is 11.3 Å². The maximum atomic E-state index is 13.2. The van der Waals surface area contributed by atoms with E-state index in [4.69, 9.17) is 4.74 Å². The summed E-state index contributed by atoms with van der Waals surface area (Å²) in [5.41, 5.74) is -0.213. The topological polar surface area (TPSA) is 88.2 Å². The Kier molecular flexibility index (Phi) is 6.01. The molecule has 3 saturated heterocycles. The Balaban J connectivity index is 1.70. The lowest BCUT2D eigenvalue weighted by Crippen LogP contribution is -2.47. The number of nitrogens with one attached hydrogen (secondary N) is 1. The first kappa shape index (κ1) is 18.9. The minimum atomic E-state index is -0.487. The van der Waals surface area contributed by atoms with Crippen LogP contribution in [0.15, 0.2) is 0 Å². The Morgan fingerprint density at radius 3 is 2.46 bits per heavy atom. The van der Waals surface area contributed by atoms with E-state index in [0.29, 0.717) is 26.3 Å². The number of carbonyl (C=O) groups is 3. The van der Waals surface area contributed by atoms with Crippen molar-refractivity contribution in [3.63, 3.8) is 0 Å². The van der Waals surface area contributed by atoms with Gasteiger partial charge in [-0.3, -0.25) is 9.59 Å². The lowest BCUT2D eigenvalue weighted by atomic mass is 9.71. The summed E-state index contributed by atoms with van der Waals surface area (Å²) < 4.78 is 10.1. The summed E-state index contributed by atoms with van der Waals surface area (Å²) in [4.78, 5) is 40.6. The number of piperidine rings is 1. The van der Waals surface area contributed by atoms with Crippen molar-refractivity contribution < 1.29 is 23.9 Å². The largest absolute Gasteiger partial charge is 0.468 e. The van der Waals surface area contributed by atoms with Crippen LogP contribution in [-0.4, -0.2) is 80.8 Å². The van der Waals surface area contributed by atoms with Gasteiger partial charge in [0.2, 0.25) is 5.91 Å². The SMILES string of the molecule is COC(=O)CNC(=O)N1C[C@H](C(=O)N2CCCCC2)C2(CCOCC2)C1. The van der Waals surface area contributed by atoms with Gasteiger partial charge < -0.3 is 24.6 Å². The lowest BCUT2D eigenvalue weighted by molar-refractivity contribution is -0.141. The van der Waals surface area contributed by atoms with Crippen LogP contribution in [0.25, 0.3) is 0 Å². The molecule has 1 N–H and O–H groups in total. The van der Waals surface area contributed by atoms with Crippen LogP contribution in [0.4, 0.5) is 4.79 Å². The highest BCUT2D eigenvalue weighted by atomic mass is 16.5. The number of hydrogen-bond donors (Lipinski definition) is 1. The zero-order valence-electron chi connectivity index (χ0n) is 15.5. The van der Waals surface area contributed by atoms with E-state index in [1.165, 1.54) is 13.5 Å². The predicted molar refractivity (Wildman–Crippen MR) is 93.4 cm³/mol. The smallest absolute Gasteiger partial charge is 0.325 e. The van der Waals surface area contributed by atoms with Crippen LogP contribution < -0.4 is 5.32 Å². The van der Waals surface area contributed by atoms with Crippen molar-refractivity contribution in [3.05, 3.63) is 0 Å². The summed E-state index contributed by atoms with van der Waals surface area (Å²) in [7, 11) is 1.29.